The molecule has 5 heteroatoms. The number of rotatable bonds is 8. The number of hydrogen-bond acceptors (Lipinski definition) is 4. The number of nitrogens with zero attached hydrogens (tertiary/aromatic N) is 2. The zero-order chi connectivity index (χ0) is 9.23. The zero-order valence-electron chi connectivity index (χ0n) is 7.15. The van der Waals surface area contributed by atoms with Gasteiger partial charge in [0.2, 0.25) is 0 Å². The van der Waals surface area contributed by atoms with E-state index in [1.165, 1.54) is 5.01 Å². The van der Waals surface area contributed by atoms with Crippen molar-refractivity contribution < 1.29 is 10.2 Å². The Morgan fingerprint density at radius 3 is 2.08 bits per heavy atom. The summed E-state index contributed by atoms with van der Waals surface area (Å²) >= 11 is 0. The van der Waals surface area contributed by atoms with E-state index >= 15 is 0 Å². The van der Waals surface area contributed by atoms with Crippen LogP contribution in [0.5, 0.6) is 0 Å². The molecule has 2 N–H and O–H groups in total. The largest absolute Gasteiger partial charge is 0.396 e. The van der Waals surface area contributed by atoms with Gasteiger partial charge < -0.3 is 10.2 Å². The van der Waals surface area contributed by atoms with Gasteiger partial charge in [0.1, 0.15) is 0 Å². The lowest BCUT2D eigenvalue weighted by atomic mass is 10.3. The highest BCUT2D eigenvalue weighted by atomic mass is 16.3. The first-order valence-electron chi connectivity index (χ1n) is 4.15. The Kier molecular flexibility index (Phi) is 7.94. The third-order valence-electron chi connectivity index (χ3n) is 1.51. The summed E-state index contributed by atoms with van der Waals surface area (Å²) in [5.74, 6) is 0. The molecule has 0 saturated carbocycles. The maximum absolute atomic E-state index is 10.1. The number of aliphatic hydroxyl groups is 2. The molecule has 0 aromatic rings. The average Bonchev–Trinajstić information content (AvgIpc) is 2.11. The molecular weight excluding hydrogens is 160 g/mol. The van der Waals surface area contributed by atoms with Gasteiger partial charge >= 0.3 is 0 Å². The maximum atomic E-state index is 10.1. The summed E-state index contributed by atoms with van der Waals surface area (Å²) in [4.78, 5) is 10.1. The molecular formula is C7H16N2O3. The molecule has 0 aliphatic heterocycles. The van der Waals surface area contributed by atoms with Crippen LogP contribution in [0.3, 0.4) is 0 Å². The third-order valence-corrected chi connectivity index (χ3v) is 1.51. The number of nitroso groups, excluding NO2 is 1. The van der Waals surface area contributed by atoms with Crippen molar-refractivity contribution in [1.82, 2.24) is 5.01 Å². The van der Waals surface area contributed by atoms with Crippen LogP contribution >= 0.6 is 0 Å². The van der Waals surface area contributed by atoms with E-state index in [0.717, 1.165) is 6.42 Å². The van der Waals surface area contributed by atoms with Crippen LogP contribution in [0.1, 0.15) is 19.3 Å². The lowest BCUT2D eigenvalue weighted by Crippen LogP contribution is -2.20. The Hall–Kier alpha value is -0.680. The van der Waals surface area contributed by atoms with E-state index in [-0.39, 0.29) is 13.2 Å². The lowest BCUT2D eigenvalue weighted by Gasteiger charge is -2.13. The predicted octanol–water partition coefficient (Wildman–Crippen LogP) is 0.125. The predicted molar refractivity (Wildman–Crippen MR) is 45.4 cm³/mol. The molecule has 0 fully saturated rings. The minimum Gasteiger partial charge on any atom is -0.396 e. The van der Waals surface area contributed by atoms with E-state index in [1.54, 1.807) is 0 Å². The van der Waals surface area contributed by atoms with Crippen LogP contribution in [0.2, 0.25) is 0 Å². The summed E-state index contributed by atoms with van der Waals surface area (Å²) in [6, 6.07) is 0. The quantitative estimate of drug-likeness (QED) is 0.313. The lowest BCUT2D eigenvalue weighted by molar-refractivity contribution is 0.216. The molecule has 0 aromatic carbocycles. The normalized spacial score (nSPS) is 9.83. The van der Waals surface area contributed by atoms with E-state index in [2.05, 4.69) is 5.29 Å². The summed E-state index contributed by atoms with van der Waals surface area (Å²) in [5.41, 5.74) is 0. The van der Waals surface area contributed by atoms with Gasteiger partial charge in [-0.2, -0.15) is 0 Å². The fourth-order valence-electron chi connectivity index (χ4n) is 0.853. The molecule has 0 unspecified atom stereocenters. The van der Waals surface area contributed by atoms with Crippen LogP contribution in [-0.4, -0.2) is 41.5 Å². The zero-order valence-corrected chi connectivity index (χ0v) is 7.15. The average molecular weight is 176 g/mol. The Morgan fingerprint density at radius 2 is 1.58 bits per heavy atom. The SMILES string of the molecule is O=NN(CCCO)CCCCO. The van der Waals surface area contributed by atoms with Crippen LogP contribution in [0.15, 0.2) is 5.29 Å². The van der Waals surface area contributed by atoms with Gasteiger partial charge in [-0.15, -0.1) is 4.91 Å². The van der Waals surface area contributed by atoms with E-state index < -0.39 is 0 Å². The smallest absolute Gasteiger partial charge is 0.0523 e. The van der Waals surface area contributed by atoms with Gasteiger partial charge in [0.05, 0.1) is 5.29 Å². The summed E-state index contributed by atoms with van der Waals surface area (Å²) < 4.78 is 0. The molecule has 0 amide bonds. The van der Waals surface area contributed by atoms with Crippen LogP contribution < -0.4 is 0 Å². The molecule has 5 nitrogen and oxygen atoms in total. The fraction of sp³-hybridized carbons (Fsp3) is 1.00. The van der Waals surface area contributed by atoms with Crippen molar-refractivity contribution in [2.75, 3.05) is 26.3 Å². The molecule has 0 radical (unpaired) electrons. The molecule has 0 bridgehead atoms. The molecule has 0 aliphatic carbocycles. The topological polar surface area (TPSA) is 73.1 Å². The fourth-order valence-corrected chi connectivity index (χ4v) is 0.853. The van der Waals surface area contributed by atoms with Gasteiger partial charge in [0.15, 0.2) is 0 Å². The molecule has 12 heavy (non-hydrogen) atoms. The molecule has 0 heterocycles. The van der Waals surface area contributed by atoms with Crippen molar-refractivity contribution in [1.29, 1.82) is 0 Å². The molecule has 0 saturated heterocycles. The van der Waals surface area contributed by atoms with Gasteiger partial charge in [0.25, 0.3) is 0 Å². The summed E-state index contributed by atoms with van der Waals surface area (Å²) in [6.45, 7) is 1.27. The van der Waals surface area contributed by atoms with Gasteiger partial charge in [-0.25, -0.2) is 0 Å². The van der Waals surface area contributed by atoms with Crippen molar-refractivity contribution in [2.24, 2.45) is 5.29 Å². The Labute approximate surface area is 71.9 Å². The Bertz CT molecular complexity index is 111. The first kappa shape index (κ1) is 11.3. The standard InChI is InChI=1S/C7H16N2O3/c10-6-2-1-4-9(8-12)5-3-7-11/h10-11H,1-7H2. The van der Waals surface area contributed by atoms with Gasteiger partial charge in [-0.05, 0) is 19.3 Å². The maximum Gasteiger partial charge on any atom is 0.0523 e. The Balaban J connectivity index is 3.32. The number of aliphatic hydroxyl groups excluding tert-OH is 2. The van der Waals surface area contributed by atoms with Crippen LogP contribution in [-0.2, 0) is 0 Å². The monoisotopic (exact) mass is 176 g/mol. The highest BCUT2D eigenvalue weighted by Crippen LogP contribution is 1.96. The second-order valence-corrected chi connectivity index (χ2v) is 2.54. The van der Waals surface area contributed by atoms with Crippen molar-refractivity contribution in [2.45, 2.75) is 19.3 Å². The van der Waals surface area contributed by atoms with Gasteiger partial charge in [0, 0.05) is 26.3 Å². The van der Waals surface area contributed by atoms with E-state index in [1.807, 2.05) is 0 Å². The molecule has 0 rings (SSSR count). The number of hydrogen-bond donors (Lipinski definition) is 2. The summed E-state index contributed by atoms with van der Waals surface area (Å²) in [5, 5.41) is 21.1. The molecule has 0 atom stereocenters. The second-order valence-electron chi connectivity index (χ2n) is 2.54. The van der Waals surface area contributed by atoms with Crippen LogP contribution in [0.4, 0.5) is 0 Å². The van der Waals surface area contributed by atoms with Gasteiger partial charge in [-0.3, -0.25) is 5.01 Å². The Morgan fingerprint density at radius 1 is 1.00 bits per heavy atom. The highest BCUT2D eigenvalue weighted by Gasteiger charge is 2.00. The van der Waals surface area contributed by atoms with Gasteiger partial charge in [-0.1, -0.05) is 0 Å². The molecule has 0 aliphatic rings. The highest BCUT2D eigenvalue weighted by molar-refractivity contribution is 4.51. The first-order chi connectivity index (χ1) is 5.85. The van der Waals surface area contributed by atoms with Crippen molar-refractivity contribution >= 4 is 0 Å². The summed E-state index contributed by atoms with van der Waals surface area (Å²) in [6.07, 6.45) is 2.00. The molecule has 0 aromatic heterocycles. The van der Waals surface area contributed by atoms with Crippen LogP contribution in [0.25, 0.3) is 0 Å². The molecule has 72 valence electrons. The second kappa shape index (κ2) is 8.42. The molecule has 0 spiro atoms. The first-order valence-corrected chi connectivity index (χ1v) is 4.15. The van der Waals surface area contributed by atoms with E-state index in [0.29, 0.717) is 25.9 Å². The van der Waals surface area contributed by atoms with E-state index in [9.17, 15) is 4.91 Å². The van der Waals surface area contributed by atoms with Crippen LogP contribution in [0, 0.1) is 4.91 Å². The van der Waals surface area contributed by atoms with E-state index in [4.69, 9.17) is 10.2 Å². The summed E-state index contributed by atoms with van der Waals surface area (Å²) in [7, 11) is 0. The number of unbranched alkanes of at least 4 members (excludes halogenated alkanes) is 1. The van der Waals surface area contributed by atoms with Crippen molar-refractivity contribution in [3.8, 4) is 0 Å². The van der Waals surface area contributed by atoms with Crippen molar-refractivity contribution in [3.05, 3.63) is 4.91 Å². The minimum atomic E-state index is 0.0754. The van der Waals surface area contributed by atoms with Crippen molar-refractivity contribution in [3.63, 3.8) is 0 Å². The third kappa shape index (κ3) is 6.06. The minimum absolute atomic E-state index is 0.0754.